The number of amides is 1. The fourth-order valence-corrected chi connectivity index (χ4v) is 4.47. The number of rotatable bonds is 5. The molecular formula is C23H20N2O5S. The van der Waals surface area contributed by atoms with Crippen LogP contribution >= 0.6 is 11.3 Å². The van der Waals surface area contributed by atoms with E-state index in [-0.39, 0.29) is 31.4 Å². The third-order valence-electron chi connectivity index (χ3n) is 5.23. The second-order valence-electron chi connectivity index (χ2n) is 7.35. The first-order chi connectivity index (χ1) is 15.2. The van der Waals surface area contributed by atoms with Gasteiger partial charge in [-0.25, -0.2) is 4.98 Å². The second-order valence-corrected chi connectivity index (χ2v) is 8.21. The van der Waals surface area contributed by atoms with Gasteiger partial charge >= 0.3 is 5.97 Å². The number of anilines is 1. The highest BCUT2D eigenvalue weighted by atomic mass is 32.1. The Labute approximate surface area is 183 Å². The van der Waals surface area contributed by atoms with Gasteiger partial charge in [0.1, 0.15) is 24.8 Å². The van der Waals surface area contributed by atoms with Crippen molar-refractivity contribution in [2.45, 2.75) is 13.0 Å². The maximum atomic E-state index is 12.6. The number of carbonyl (C=O) groups is 2. The summed E-state index contributed by atoms with van der Waals surface area (Å²) < 4.78 is 16.6. The van der Waals surface area contributed by atoms with Gasteiger partial charge in [-0.3, -0.25) is 9.59 Å². The zero-order valence-electron chi connectivity index (χ0n) is 16.7. The summed E-state index contributed by atoms with van der Waals surface area (Å²) in [7, 11) is 0. The van der Waals surface area contributed by atoms with Gasteiger partial charge in [0.2, 0.25) is 5.91 Å². The number of ether oxygens (including phenoxy) is 3. The van der Waals surface area contributed by atoms with Crippen molar-refractivity contribution < 1.29 is 23.8 Å². The first kappa shape index (κ1) is 19.6. The third kappa shape index (κ3) is 4.11. The fraction of sp³-hybridized carbons (Fsp3) is 0.261. The van der Waals surface area contributed by atoms with Crippen LogP contribution < -0.4 is 14.4 Å². The molecule has 1 aromatic heterocycles. The van der Waals surface area contributed by atoms with Gasteiger partial charge < -0.3 is 19.1 Å². The van der Waals surface area contributed by atoms with Crippen LogP contribution in [-0.2, 0) is 20.9 Å². The molecule has 0 N–H and O–H groups in total. The lowest BCUT2D eigenvalue weighted by atomic mass is 10.1. The number of hydrogen-bond acceptors (Lipinski definition) is 7. The summed E-state index contributed by atoms with van der Waals surface area (Å²) in [6, 6.07) is 15.2. The van der Waals surface area contributed by atoms with E-state index < -0.39 is 5.92 Å². The van der Waals surface area contributed by atoms with Crippen molar-refractivity contribution in [3.8, 4) is 22.1 Å². The van der Waals surface area contributed by atoms with Crippen molar-refractivity contribution in [3.05, 3.63) is 59.6 Å². The Morgan fingerprint density at radius 2 is 1.94 bits per heavy atom. The number of hydrogen-bond donors (Lipinski definition) is 0. The Morgan fingerprint density at radius 1 is 1.13 bits per heavy atom. The molecule has 1 atom stereocenters. The van der Waals surface area contributed by atoms with Gasteiger partial charge in [0, 0.05) is 35.7 Å². The predicted octanol–water partition coefficient (Wildman–Crippen LogP) is 3.68. The van der Waals surface area contributed by atoms with Gasteiger partial charge in [-0.15, -0.1) is 11.3 Å². The molecule has 0 aliphatic carbocycles. The zero-order chi connectivity index (χ0) is 21.2. The van der Waals surface area contributed by atoms with Crippen LogP contribution in [-0.4, -0.2) is 36.6 Å². The van der Waals surface area contributed by atoms with Crippen LogP contribution in [0.5, 0.6) is 11.5 Å². The van der Waals surface area contributed by atoms with Crippen LogP contribution in [0.1, 0.15) is 12.1 Å². The van der Waals surface area contributed by atoms with E-state index in [0.717, 1.165) is 10.6 Å². The van der Waals surface area contributed by atoms with Gasteiger partial charge in [-0.1, -0.05) is 30.3 Å². The highest BCUT2D eigenvalue weighted by molar-refractivity contribution is 7.13. The molecule has 3 heterocycles. The molecule has 2 aromatic carbocycles. The standard InChI is InChI=1S/C23H20N2O5S/c26-21-10-16(12-25(21)18-6-7-19-20(11-18)29-9-8-28-19)23(27)30-13-17-14-31-22(24-17)15-4-2-1-3-5-15/h1-7,11,14,16H,8-10,12-13H2/t16-/m1/s1. The van der Waals surface area contributed by atoms with E-state index in [0.29, 0.717) is 36.1 Å². The zero-order valence-corrected chi connectivity index (χ0v) is 17.5. The molecule has 0 radical (unpaired) electrons. The molecular weight excluding hydrogens is 416 g/mol. The van der Waals surface area contributed by atoms with E-state index in [2.05, 4.69) is 4.98 Å². The van der Waals surface area contributed by atoms with Crippen molar-refractivity contribution in [2.24, 2.45) is 5.92 Å². The van der Waals surface area contributed by atoms with Crippen LogP contribution in [0.15, 0.2) is 53.9 Å². The van der Waals surface area contributed by atoms with Gasteiger partial charge in [-0.2, -0.15) is 0 Å². The van der Waals surface area contributed by atoms with E-state index in [1.807, 2.05) is 35.7 Å². The molecule has 3 aromatic rings. The van der Waals surface area contributed by atoms with E-state index >= 15 is 0 Å². The van der Waals surface area contributed by atoms with Gasteiger partial charge in [-0.05, 0) is 12.1 Å². The monoisotopic (exact) mass is 436 g/mol. The smallest absolute Gasteiger partial charge is 0.311 e. The minimum absolute atomic E-state index is 0.0941. The molecule has 158 valence electrons. The first-order valence-corrected chi connectivity index (χ1v) is 10.9. The quantitative estimate of drug-likeness (QED) is 0.568. The SMILES string of the molecule is O=C(OCc1csc(-c2ccccc2)n1)[C@@H]1CC(=O)N(c2ccc3c(c2)OCCO3)C1. The molecule has 1 amide bonds. The Hall–Kier alpha value is -3.39. The van der Waals surface area contributed by atoms with Crippen LogP contribution in [0.2, 0.25) is 0 Å². The summed E-state index contributed by atoms with van der Waals surface area (Å²) in [6.07, 6.45) is 0.125. The van der Waals surface area contributed by atoms with Crippen molar-refractivity contribution in [1.29, 1.82) is 0 Å². The number of carbonyl (C=O) groups excluding carboxylic acids is 2. The minimum atomic E-state index is -0.507. The van der Waals surface area contributed by atoms with Crippen molar-refractivity contribution in [1.82, 2.24) is 4.98 Å². The maximum absolute atomic E-state index is 12.6. The molecule has 0 unspecified atom stereocenters. The second kappa shape index (κ2) is 8.39. The highest BCUT2D eigenvalue weighted by Crippen LogP contribution is 2.36. The number of benzene rings is 2. The summed E-state index contributed by atoms with van der Waals surface area (Å²) in [4.78, 5) is 31.2. The maximum Gasteiger partial charge on any atom is 0.311 e. The summed E-state index contributed by atoms with van der Waals surface area (Å²) in [5, 5.41) is 2.77. The van der Waals surface area contributed by atoms with E-state index in [1.54, 1.807) is 23.1 Å². The van der Waals surface area contributed by atoms with Crippen LogP contribution in [0, 0.1) is 5.92 Å². The Kier molecular flexibility index (Phi) is 5.30. The van der Waals surface area contributed by atoms with Crippen LogP contribution in [0.4, 0.5) is 5.69 Å². The lowest BCUT2D eigenvalue weighted by Gasteiger charge is -2.22. The summed E-state index contributed by atoms with van der Waals surface area (Å²) in [6.45, 7) is 1.36. The van der Waals surface area contributed by atoms with Crippen molar-refractivity contribution in [3.63, 3.8) is 0 Å². The molecule has 1 fully saturated rings. The molecule has 31 heavy (non-hydrogen) atoms. The Bertz CT molecular complexity index is 1110. The van der Waals surface area contributed by atoms with E-state index in [1.165, 1.54) is 11.3 Å². The molecule has 2 aliphatic rings. The number of esters is 1. The third-order valence-corrected chi connectivity index (χ3v) is 6.17. The molecule has 5 rings (SSSR count). The lowest BCUT2D eigenvalue weighted by Crippen LogP contribution is -2.26. The fourth-order valence-electron chi connectivity index (χ4n) is 3.66. The molecule has 1 saturated heterocycles. The Balaban J connectivity index is 1.20. The Morgan fingerprint density at radius 3 is 2.77 bits per heavy atom. The average molecular weight is 436 g/mol. The number of fused-ring (bicyclic) bond motifs is 1. The largest absolute Gasteiger partial charge is 0.486 e. The summed E-state index contributed by atoms with van der Waals surface area (Å²) in [5.41, 5.74) is 2.42. The number of nitrogens with zero attached hydrogens (tertiary/aromatic N) is 2. The molecule has 8 heteroatoms. The van der Waals surface area contributed by atoms with Crippen molar-refractivity contribution in [2.75, 3.05) is 24.7 Å². The van der Waals surface area contributed by atoms with Crippen LogP contribution in [0.25, 0.3) is 10.6 Å². The summed E-state index contributed by atoms with van der Waals surface area (Å²) in [5.74, 6) is 0.269. The van der Waals surface area contributed by atoms with Gasteiger partial charge in [0.25, 0.3) is 0 Å². The average Bonchev–Trinajstić information content (AvgIpc) is 3.45. The molecule has 0 bridgehead atoms. The normalized spacial score (nSPS) is 17.6. The minimum Gasteiger partial charge on any atom is -0.486 e. The predicted molar refractivity (Wildman–Crippen MR) is 115 cm³/mol. The lowest BCUT2D eigenvalue weighted by molar-refractivity contribution is -0.149. The molecule has 0 spiro atoms. The number of thiazole rings is 1. The van der Waals surface area contributed by atoms with E-state index in [4.69, 9.17) is 14.2 Å². The molecule has 2 aliphatic heterocycles. The highest BCUT2D eigenvalue weighted by Gasteiger charge is 2.36. The summed E-state index contributed by atoms with van der Waals surface area (Å²) >= 11 is 1.51. The van der Waals surface area contributed by atoms with Gasteiger partial charge in [0.15, 0.2) is 11.5 Å². The van der Waals surface area contributed by atoms with E-state index in [9.17, 15) is 9.59 Å². The van der Waals surface area contributed by atoms with Crippen molar-refractivity contribution >= 4 is 28.9 Å². The molecule has 0 saturated carbocycles. The van der Waals surface area contributed by atoms with Gasteiger partial charge in [0.05, 0.1) is 11.6 Å². The topological polar surface area (TPSA) is 78.0 Å². The molecule has 7 nitrogen and oxygen atoms in total. The van der Waals surface area contributed by atoms with Crippen LogP contribution in [0.3, 0.4) is 0 Å². The number of aromatic nitrogens is 1. The first-order valence-electron chi connectivity index (χ1n) is 10.0.